The molecule has 1 atom stereocenters. The van der Waals surface area contributed by atoms with Crippen molar-refractivity contribution in [2.45, 2.75) is 93.4 Å². The second kappa shape index (κ2) is 12.0. The van der Waals surface area contributed by atoms with Gasteiger partial charge in [-0.15, -0.1) is 0 Å². The van der Waals surface area contributed by atoms with Gasteiger partial charge in [0.1, 0.15) is 0 Å². The topological polar surface area (TPSA) is 17.1 Å². The second-order valence-electron chi connectivity index (χ2n) is 9.03. The molecule has 31 heavy (non-hydrogen) atoms. The van der Waals surface area contributed by atoms with E-state index in [0.29, 0.717) is 5.78 Å². The molecular formula is C30H42O. The fourth-order valence-electron chi connectivity index (χ4n) is 4.76. The summed E-state index contributed by atoms with van der Waals surface area (Å²) in [5.74, 6) is 0.416. The maximum atomic E-state index is 13.9. The maximum absolute atomic E-state index is 13.9. The number of carbonyl (C=O) groups excluding carboxylic acids is 1. The van der Waals surface area contributed by atoms with Gasteiger partial charge in [0.2, 0.25) is 0 Å². The molecule has 0 aliphatic carbocycles. The third kappa shape index (κ3) is 6.19. The van der Waals surface area contributed by atoms with Crippen molar-refractivity contribution in [1.29, 1.82) is 0 Å². The Hall–Kier alpha value is -2.15. The summed E-state index contributed by atoms with van der Waals surface area (Å²) in [6, 6.07) is 13.3. The summed E-state index contributed by atoms with van der Waals surface area (Å²) in [5.41, 5.74) is 10.1. The number of aryl methyl sites for hydroxylation is 4. The van der Waals surface area contributed by atoms with Gasteiger partial charge >= 0.3 is 0 Å². The Bertz CT molecular complexity index is 890. The first-order valence-electron chi connectivity index (χ1n) is 12.3. The molecule has 0 saturated carbocycles. The first kappa shape index (κ1) is 25.1. The van der Waals surface area contributed by atoms with Crippen molar-refractivity contribution in [2.24, 2.45) is 5.92 Å². The molecule has 2 aromatic carbocycles. The molecule has 2 rings (SSSR count). The number of allylic oxidation sites excluding steroid dienone is 2. The van der Waals surface area contributed by atoms with E-state index in [0.717, 1.165) is 61.7 Å². The number of hydrogen-bond donors (Lipinski definition) is 0. The summed E-state index contributed by atoms with van der Waals surface area (Å²) in [4.78, 5) is 13.9. The largest absolute Gasteiger partial charge is 0.294 e. The zero-order valence-electron chi connectivity index (χ0n) is 20.9. The van der Waals surface area contributed by atoms with Crippen molar-refractivity contribution in [3.8, 4) is 0 Å². The van der Waals surface area contributed by atoms with Crippen LogP contribution in [0.3, 0.4) is 0 Å². The van der Waals surface area contributed by atoms with Crippen molar-refractivity contribution in [3.63, 3.8) is 0 Å². The minimum absolute atomic E-state index is 0.0780. The van der Waals surface area contributed by atoms with Crippen molar-refractivity contribution < 1.29 is 4.79 Å². The van der Waals surface area contributed by atoms with Gasteiger partial charge in [-0.05, 0) is 92.7 Å². The van der Waals surface area contributed by atoms with Gasteiger partial charge in [-0.3, -0.25) is 4.79 Å². The lowest BCUT2D eigenvalue weighted by Crippen LogP contribution is -2.19. The fraction of sp³-hybridized carbons (Fsp3) is 0.500. The Morgan fingerprint density at radius 2 is 1.52 bits per heavy atom. The Morgan fingerprint density at radius 3 is 2.03 bits per heavy atom. The van der Waals surface area contributed by atoms with E-state index in [4.69, 9.17) is 0 Å². The van der Waals surface area contributed by atoms with Crippen molar-refractivity contribution in [2.75, 3.05) is 0 Å². The van der Waals surface area contributed by atoms with Gasteiger partial charge in [0.05, 0.1) is 0 Å². The summed E-state index contributed by atoms with van der Waals surface area (Å²) >= 11 is 0. The van der Waals surface area contributed by atoms with Crippen molar-refractivity contribution in [1.82, 2.24) is 0 Å². The normalized spacial score (nSPS) is 12.0. The minimum atomic E-state index is 0.0780. The molecule has 1 heteroatoms. The first-order valence-corrected chi connectivity index (χ1v) is 12.3. The SMILES string of the molecule is CCCC(CCc1c(CC)cccc1CC)C(=O)C(=C(C)C)c1cc(CC)ccc1C. The number of carbonyl (C=O) groups is 1. The molecule has 0 radical (unpaired) electrons. The number of hydrogen-bond acceptors (Lipinski definition) is 1. The average molecular weight is 419 g/mol. The van der Waals surface area contributed by atoms with Crippen LogP contribution in [-0.2, 0) is 30.5 Å². The lowest BCUT2D eigenvalue weighted by atomic mass is 9.81. The van der Waals surface area contributed by atoms with Crippen molar-refractivity contribution >= 4 is 11.4 Å². The zero-order chi connectivity index (χ0) is 23.0. The number of benzene rings is 2. The molecule has 0 aromatic heterocycles. The smallest absolute Gasteiger partial charge is 0.166 e. The standard InChI is InChI=1S/C30H42O/c1-8-13-26(18-19-27-24(10-3)14-12-15-25(27)11-4)30(31)29(21(5)6)28-20-23(9-2)17-16-22(28)7/h12,14-17,20,26H,8-11,13,18-19H2,1-7H3. The van der Waals surface area contributed by atoms with E-state index in [1.165, 1.54) is 27.8 Å². The summed E-state index contributed by atoms with van der Waals surface area (Å²) < 4.78 is 0. The Morgan fingerprint density at radius 1 is 0.871 bits per heavy atom. The van der Waals surface area contributed by atoms with Crippen LogP contribution in [0.25, 0.3) is 5.57 Å². The lowest BCUT2D eigenvalue weighted by molar-refractivity contribution is -0.117. The molecular weight excluding hydrogens is 376 g/mol. The number of Topliss-reactive ketones (excluding diaryl/α,β-unsaturated/α-hetero) is 1. The summed E-state index contributed by atoms with van der Waals surface area (Å²) in [7, 11) is 0. The van der Waals surface area contributed by atoms with E-state index in [2.05, 4.69) is 84.9 Å². The third-order valence-electron chi connectivity index (χ3n) is 6.61. The highest BCUT2D eigenvalue weighted by molar-refractivity contribution is 6.22. The molecule has 0 N–H and O–H groups in total. The van der Waals surface area contributed by atoms with Gasteiger partial charge < -0.3 is 0 Å². The third-order valence-corrected chi connectivity index (χ3v) is 6.61. The van der Waals surface area contributed by atoms with Crippen LogP contribution in [0.5, 0.6) is 0 Å². The van der Waals surface area contributed by atoms with Gasteiger partial charge in [-0.25, -0.2) is 0 Å². The molecule has 0 spiro atoms. The molecule has 1 unspecified atom stereocenters. The first-order chi connectivity index (χ1) is 14.9. The van der Waals surface area contributed by atoms with Gasteiger partial charge in [-0.1, -0.05) is 76.1 Å². The molecule has 0 aliphatic rings. The molecule has 0 fully saturated rings. The molecule has 2 aromatic rings. The predicted molar refractivity (Wildman–Crippen MR) is 136 cm³/mol. The van der Waals surface area contributed by atoms with E-state index in [1.54, 1.807) is 0 Å². The van der Waals surface area contributed by atoms with E-state index in [-0.39, 0.29) is 5.92 Å². The van der Waals surface area contributed by atoms with Crippen LogP contribution in [0.1, 0.15) is 94.2 Å². The van der Waals surface area contributed by atoms with Gasteiger partial charge in [0.25, 0.3) is 0 Å². The van der Waals surface area contributed by atoms with Crippen LogP contribution in [-0.4, -0.2) is 5.78 Å². The molecule has 0 amide bonds. The van der Waals surface area contributed by atoms with E-state index < -0.39 is 0 Å². The zero-order valence-corrected chi connectivity index (χ0v) is 20.9. The summed E-state index contributed by atoms with van der Waals surface area (Å²) in [6.07, 6.45) is 7.01. The van der Waals surface area contributed by atoms with Crippen LogP contribution >= 0.6 is 0 Å². The van der Waals surface area contributed by atoms with Gasteiger partial charge in [0, 0.05) is 11.5 Å². The quantitative estimate of drug-likeness (QED) is 0.337. The molecule has 168 valence electrons. The Balaban J connectivity index is 2.38. The van der Waals surface area contributed by atoms with Crippen molar-refractivity contribution in [3.05, 3.63) is 75.4 Å². The van der Waals surface area contributed by atoms with Gasteiger partial charge in [0.15, 0.2) is 5.78 Å². The minimum Gasteiger partial charge on any atom is -0.294 e. The maximum Gasteiger partial charge on any atom is 0.166 e. The van der Waals surface area contributed by atoms with E-state index in [9.17, 15) is 4.79 Å². The van der Waals surface area contributed by atoms with E-state index in [1.807, 2.05) is 0 Å². The van der Waals surface area contributed by atoms with Crippen LogP contribution in [0.4, 0.5) is 0 Å². The van der Waals surface area contributed by atoms with Crippen LogP contribution in [0, 0.1) is 12.8 Å². The highest BCUT2D eigenvalue weighted by Gasteiger charge is 2.25. The predicted octanol–water partition coefficient (Wildman–Crippen LogP) is 8.09. The number of rotatable bonds is 11. The molecule has 0 aliphatic heterocycles. The molecule has 0 saturated heterocycles. The highest BCUT2D eigenvalue weighted by Crippen LogP contribution is 2.31. The Labute approximate surface area is 191 Å². The lowest BCUT2D eigenvalue weighted by Gasteiger charge is -2.22. The number of ketones is 1. The molecule has 0 heterocycles. The molecule has 0 bridgehead atoms. The monoisotopic (exact) mass is 418 g/mol. The highest BCUT2D eigenvalue weighted by atomic mass is 16.1. The van der Waals surface area contributed by atoms with Gasteiger partial charge in [-0.2, -0.15) is 0 Å². The average Bonchev–Trinajstić information content (AvgIpc) is 2.77. The molecule has 1 nitrogen and oxygen atoms in total. The second-order valence-corrected chi connectivity index (χ2v) is 9.03. The van der Waals surface area contributed by atoms with Crippen LogP contribution in [0.15, 0.2) is 42.0 Å². The Kier molecular flexibility index (Phi) is 9.75. The van der Waals surface area contributed by atoms with Crippen LogP contribution < -0.4 is 0 Å². The van der Waals surface area contributed by atoms with Crippen LogP contribution in [0.2, 0.25) is 0 Å². The van der Waals surface area contributed by atoms with E-state index >= 15 is 0 Å². The fourth-order valence-corrected chi connectivity index (χ4v) is 4.76. The summed E-state index contributed by atoms with van der Waals surface area (Å²) in [5, 5.41) is 0. The summed E-state index contributed by atoms with van der Waals surface area (Å²) in [6.45, 7) is 15.2.